The van der Waals surface area contributed by atoms with Crippen LogP contribution in [-0.4, -0.2) is 53.1 Å². The molecule has 1 aromatic heterocycles. The number of halogens is 1. The second kappa shape index (κ2) is 8.92. The van der Waals surface area contributed by atoms with Crippen LogP contribution in [0, 0.1) is 5.92 Å². The minimum Gasteiger partial charge on any atom is -0.461 e. The SMILES string of the molecule is CC(COC(=O)c1ccncn1)CN1CCC(N)CC1.Cl. The molecule has 0 bridgehead atoms. The lowest BCUT2D eigenvalue weighted by Gasteiger charge is -2.31. The highest BCUT2D eigenvalue weighted by atomic mass is 35.5. The molecule has 0 aromatic carbocycles. The number of carbonyl (C=O) groups is 1. The number of piperidine rings is 1. The van der Waals surface area contributed by atoms with E-state index in [1.165, 1.54) is 12.5 Å². The smallest absolute Gasteiger partial charge is 0.357 e. The van der Waals surface area contributed by atoms with Gasteiger partial charge in [-0.15, -0.1) is 12.4 Å². The van der Waals surface area contributed by atoms with Gasteiger partial charge in [-0.25, -0.2) is 14.8 Å². The van der Waals surface area contributed by atoms with Crippen LogP contribution in [0.15, 0.2) is 18.6 Å². The molecule has 0 aliphatic carbocycles. The molecule has 1 aliphatic rings. The maximum Gasteiger partial charge on any atom is 0.357 e. The Bertz CT molecular complexity index is 424. The Morgan fingerprint density at radius 1 is 1.52 bits per heavy atom. The second-order valence-corrected chi connectivity index (χ2v) is 5.44. The predicted molar refractivity (Wildman–Crippen MR) is 82.4 cm³/mol. The minimum atomic E-state index is -0.389. The number of aromatic nitrogens is 2. The van der Waals surface area contributed by atoms with Gasteiger partial charge in [0.2, 0.25) is 0 Å². The number of likely N-dealkylation sites (tertiary alicyclic amines) is 1. The molecule has 2 rings (SSSR count). The third-order valence-corrected chi connectivity index (χ3v) is 3.49. The van der Waals surface area contributed by atoms with E-state index in [1.54, 1.807) is 6.07 Å². The van der Waals surface area contributed by atoms with Gasteiger partial charge in [-0.05, 0) is 32.0 Å². The van der Waals surface area contributed by atoms with Crippen molar-refractivity contribution in [2.45, 2.75) is 25.8 Å². The van der Waals surface area contributed by atoms with Crippen molar-refractivity contribution in [3.05, 3.63) is 24.3 Å². The minimum absolute atomic E-state index is 0. The number of nitrogens with two attached hydrogens (primary N) is 1. The summed E-state index contributed by atoms with van der Waals surface area (Å²) in [7, 11) is 0. The maximum atomic E-state index is 11.7. The Hall–Kier alpha value is -1.24. The summed E-state index contributed by atoms with van der Waals surface area (Å²) >= 11 is 0. The second-order valence-electron chi connectivity index (χ2n) is 5.44. The van der Waals surface area contributed by atoms with E-state index in [9.17, 15) is 4.79 Å². The molecule has 1 fully saturated rings. The molecular formula is C14H23ClN4O2. The van der Waals surface area contributed by atoms with Gasteiger partial charge < -0.3 is 15.4 Å². The van der Waals surface area contributed by atoms with E-state index < -0.39 is 0 Å². The van der Waals surface area contributed by atoms with Crippen LogP contribution in [0.1, 0.15) is 30.3 Å². The largest absolute Gasteiger partial charge is 0.461 e. The van der Waals surface area contributed by atoms with Gasteiger partial charge in [-0.2, -0.15) is 0 Å². The van der Waals surface area contributed by atoms with Gasteiger partial charge >= 0.3 is 5.97 Å². The summed E-state index contributed by atoms with van der Waals surface area (Å²) in [6.45, 7) is 5.49. The zero-order chi connectivity index (χ0) is 14.4. The number of ether oxygens (including phenoxy) is 1. The third kappa shape index (κ3) is 5.95. The van der Waals surface area contributed by atoms with E-state index in [0.29, 0.717) is 24.3 Å². The fourth-order valence-corrected chi connectivity index (χ4v) is 2.33. The molecule has 0 spiro atoms. The lowest BCUT2D eigenvalue weighted by atomic mass is 10.0. The van der Waals surface area contributed by atoms with Gasteiger partial charge in [-0.3, -0.25) is 0 Å². The first-order valence-corrected chi connectivity index (χ1v) is 7.06. The number of hydrogen-bond acceptors (Lipinski definition) is 6. The molecule has 1 unspecified atom stereocenters. The fraction of sp³-hybridized carbons (Fsp3) is 0.643. The molecule has 21 heavy (non-hydrogen) atoms. The van der Waals surface area contributed by atoms with Crippen molar-refractivity contribution in [1.82, 2.24) is 14.9 Å². The molecule has 6 nitrogen and oxygen atoms in total. The average Bonchev–Trinajstić information content (AvgIpc) is 2.48. The molecule has 0 amide bonds. The summed E-state index contributed by atoms with van der Waals surface area (Å²) in [5, 5.41) is 0. The Balaban J connectivity index is 0.00000220. The highest BCUT2D eigenvalue weighted by Crippen LogP contribution is 2.11. The monoisotopic (exact) mass is 314 g/mol. The van der Waals surface area contributed by atoms with Crippen LogP contribution in [0.25, 0.3) is 0 Å². The molecule has 0 radical (unpaired) electrons. The number of nitrogens with zero attached hydrogens (tertiary/aromatic N) is 3. The van der Waals surface area contributed by atoms with Crippen LogP contribution in [0.5, 0.6) is 0 Å². The molecule has 1 saturated heterocycles. The summed E-state index contributed by atoms with van der Waals surface area (Å²) < 4.78 is 5.27. The van der Waals surface area contributed by atoms with Crippen molar-refractivity contribution in [1.29, 1.82) is 0 Å². The maximum absolute atomic E-state index is 11.7. The van der Waals surface area contributed by atoms with Crippen molar-refractivity contribution in [2.24, 2.45) is 11.7 Å². The first kappa shape index (κ1) is 17.8. The molecule has 1 aromatic rings. The quantitative estimate of drug-likeness (QED) is 0.820. The van der Waals surface area contributed by atoms with E-state index >= 15 is 0 Å². The lowest BCUT2D eigenvalue weighted by molar-refractivity contribution is 0.0406. The standard InChI is InChI=1S/C14H22N4O2.ClH/c1-11(8-18-6-3-12(15)4-7-18)9-20-14(19)13-2-5-16-10-17-13;/h2,5,10-12H,3-4,6-9,15H2,1H3;1H. The third-order valence-electron chi connectivity index (χ3n) is 3.49. The highest BCUT2D eigenvalue weighted by molar-refractivity contribution is 5.86. The Labute approximate surface area is 131 Å². The van der Waals surface area contributed by atoms with E-state index in [-0.39, 0.29) is 18.4 Å². The predicted octanol–water partition coefficient (Wildman–Crippen LogP) is 1.11. The topological polar surface area (TPSA) is 81.3 Å². The summed E-state index contributed by atoms with van der Waals surface area (Å²) in [4.78, 5) is 21.8. The van der Waals surface area contributed by atoms with Crippen LogP contribution in [0.3, 0.4) is 0 Å². The van der Waals surface area contributed by atoms with Crippen molar-refractivity contribution >= 4 is 18.4 Å². The van der Waals surface area contributed by atoms with Gasteiger partial charge in [0.1, 0.15) is 6.33 Å². The van der Waals surface area contributed by atoms with Gasteiger partial charge in [0.15, 0.2) is 5.69 Å². The van der Waals surface area contributed by atoms with Crippen molar-refractivity contribution in [3.8, 4) is 0 Å². The number of esters is 1. The Kier molecular flexibility index (Phi) is 7.56. The molecule has 2 heterocycles. The fourth-order valence-electron chi connectivity index (χ4n) is 2.33. The molecule has 0 saturated carbocycles. The van der Waals surface area contributed by atoms with Crippen LogP contribution in [0.2, 0.25) is 0 Å². The first-order valence-electron chi connectivity index (χ1n) is 7.06. The van der Waals surface area contributed by atoms with Gasteiger partial charge in [0, 0.05) is 24.7 Å². The van der Waals surface area contributed by atoms with E-state index in [0.717, 1.165) is 32.5 Å². The lowest BCUT2D eigenvalue weighted by Crippen LogP contribution is -2.42. The average molecular weight is 315 g/mol. The van der Waals surface area contributed by atoms with E-state index in [4.69, 9.17) is 10.5 Å². The number of rotatable bonds is 5. The molecule has 2 N–H and O–H groups in total. The zero-order valence-corrected chi connectivity index (χ0v) is 13.1. The molecular weight excluding hydrogens is 292 g/mol. The van der Waals surface area contributed by atoms with Crippen LogP contribution in [-0.2, 0) is 4.74 Å². The molecule has 1 aliphatic heterocycles. The summed E-state index contributed by atoms with van der Waals surface area (Å²) in [5.74, 6) is -0.0879. The normalized spacial score (nSPS) is 17.8. The van der Waals surface area contributed by atoms with Crippen molar-refractivity contribution < 1.29 is 9.53 Å². The van der Waals surface area contributed by atoms with Crippen LogP contribution >= 0.6 is 12.4 Å². The summed E-state index contributed by atoms with van der Waals surface area (Å²) in [6, 6.07) is 1.90. The summed E-state index contributed by atoms with van der Waals surface area (Å²) in [6.07, 6.45) is 4.97. The number of carbonyl (C=O) groups excluding carboxylic acids is 1. The molecule has 1 atom stereocenters. The highest BCUT2D eigenvalue weighted by Gasteiger charge is 2.18. The van der Waals surface area contributed by atoms with Gasteiger partial charge in [0.05, 0.1) is 6.61 Å². The van der Waals surface area contributed by atoms with Crippen molar-refractivity contribution in [2.75, 3.05) is 26.2 Å². The van der Waals surface area contributed by atoms with Crippen molar-refractivity contribution in [3.63, 3.8) is 0 Å². The van der Waals surface area contributed by atoms with Crippen LogP contribution in [0.4, 0.5) is 0 Å². The van der Waals surface area contributed by atoms with E-state index in [1.807, 2.05) is 0 Å². The summed E-state index contributed by atoms with van der Waals surface area (Å²) in [5.41, 5.74) is 6.18. The Morgan fingerprint density at radius 3 is 2.86 bits per heavy atom. The number of hydrogen-bond donors (Lipinski definition) is 1. The first-order chi connectivity index (χ1) is 9.65. The van der Waals surface area contributed by atoms with Gasteiger partial charge in [-0.1, -0.05) is 6.92 Å². The van der Waals surface area contributed by atoms with Crippen LogP contribution < -0.4 is 5.73 Å². The van der Waals surface area contributed by atoms with E-state index in [2.05, 4.69) is 21.8 Å². The Morgan fingerprint density at radius 2 is 2.24 bits per heavy atom. The molecule has 7 heteroatoms. The zero-order valence-electron chi connectivity index (χ0n) is 12.3. The molecule has 118 valence electrons. The van der Waals surface area contributed by atoms with Gasteiger partial charge in [0.25, 0.3) is 0 Å².